The fourth-order valence-electron chi connectivity index (χ4n) is 2.08. The van der Waals surface area contributed by atoms with Gasteiger partial charge in [-0.15, -0.1) is 0 Å². The molecule has 1 heterocycles. The first kappa shape index (κ1) is 11.3. The largest absolute Gasteiger partial charge is 0.389 e. The molecule has 0 atom stereocenters. The van der Waals surface area contributed by atoms with E-state index < -0.39 is 0 Å². The Hall–Kier alpha value is -1.16. The van der Waals surface area contributed by atoms with Gasteiger partial charge in [-0.2, -0.15) is 0 Å². The summed E-state index contributed by atoms with van der Waals surface area (Å²) in [5.41, 5.74) is 6.34. The molecule has 1 aliphatic rings. The number of hydrogen-bond acceptors (Lipinski definition) is 3. The van der Waals surface area contributed by atoms with Gasteiger partial charge in [0.25, 0.3) is 0 Å². The summed E-state index contributed by atoms with van der Waals surface area (Å²) in [5, 5.41) is 3.45. The molecular weight excluding hydrogens is 218 g/mol. The van der Waals surface area contributed by atoms with Crippen LogP contribution in [0.2, 0.25) is 0 Å². The maximum atomic E-state index is 5.52. The Bertz CT molecular complexity index is 355. The normalized spacial score (nSPS) is 17.0. The van der Waals surface area contributed by atoms with Crippen LogP contribution < -0.4 is 11.1 Å². The van der Waals surface area contributed by atoms with Gasteiger partial charge in [0.1, 0.15) is 10.8 Å². The number of nitrogens with one attached hydrogen (secondary N) is 1. The lowest BCUT2D eigenvalue weighted by molar-refractivity contribution is 0.462. The van der Waals surface area contributed by atoms with Gasteiger partial charge in [-0.3, -0.25) is 0 Å². The molecule has 0 aromatic carbocycles. The number of rotatable bonds is 3. The summed E-state index contributed by atoms with van der Waals surface area (Å²) in [4.78, 5) is 4.72. The zero-order valence-electron chi connectivity index (χ0n) is 9.28. The Morgan fingerprint density at radius 1 is 1.31 bits per heavy atom. The minimum atomic E-state index is 0.400. The topological polar surface area (TPSA) is 50.9 Å². The van der Waals surface area contributed by atoms with Crippen molar-refractivity contribution in [2.75, 3.05) is 5.32 Å². The summed E-state index contributed by atoms with van der Waals surface area (Å²) in [6.45, 7) is 0. The third kappa shape index (κ3) is 2.92. The van der Waals surface area contributed by atoms with Crippen LogP contribution in [-0.2, 0) is 0 Å². The van der Waals surface area contributed by atoms with Crippen molar-refractivity contribution < 1.29 is 0 Å². The zero-order valence-corrected chi connectivity index (χ0v) is 10.1. The van der Waals surface area contributed by atoms with Crippen molar-refractivity contribution in [3.05, 3.63) is 23.9 Å². The Morgan fingerprint density at radius 3 is 2.62 bits per heavy atom. The lowest BCUT2D eigenvalue weighted by Gasteiger charge is -2.23. The average molecular weight is 235 g/mol. The summed E-state index contributed by atoms with van der Waals surface area (Å²) >= 11 is 4.88. The minimum absolute atomic E-state index is 0.400. The maximum Gasteiger partial charge on any atom is 0.126 e. The number of nitrogens with zero attached hydrogens (tertiary/aromatic N) is 1. The Labute approximate surface area is 101 Å². The molecule has 0 amide bonds. The van der Waals surface area contributed by atoms with Crippen molar-refractivity contribution in [1.29, 1.82) is 0 Å². The summed E-state index contributed by atoms with van der Waals surface area (Å²) in [5.74, 6) is 0.923. The number of hydrogen-bond donors (Lipinski definition) is 2. The van der Waals surface area contributed by atoms with E-state index in [9.17, 15) is 0 Å². The molecule has 1 aromatic heterocycles. The molecule has 1 saturated carbocycles. The van der Waals surface area contributed by atoms with Crippen molar-refractivity contribution in [1.82, 2.24) is 4.98 Å². The van der Waals surface area contributed by atoms with Crippen LogP contribution in [0.5, 0.6) is 0 Å². The molecule has 0 aliphatic heterocycles. The van der Waals surface area contributed by atoms with E-state index in [1.54, 1.807) is 6.20 Å². The molecule has 86 valence electrons. The van der Waals surface area contributed by atoms with Crippen LogP contribution in [0.15, 0.2) is 18.3 Å². The van der Waals surface area contributed by atoms with Crippen molar-refractivity contribution in [3.8, 4) is 0 Å². The van der Waals surface area contributed by atoms with Crippen LogP contribution in [0.3, 0.4) is 0 Å². The number of pyridine rings is 1. The molecule has 0 bridgehead atoms. The highest BCUT2D eigenvalue weighted by Gasteiger charge is 2.13. The lowest BCUT2D eigenvalue weighted by atomic mass is 9.95. The number of aromatic nitrogens is 1. The fraction of sp³-hybridized carbons (Fsp3) is 0.500. The van der Waals surface area contributed by atoms with Crippen molar-refractivity contribution in [3.63, 3.8) is 0 Å². The van der Waals surface area contributed by atoms with E-state index in [-0.39, 0.29) is 0 Å². The Balaban J connectivity index is 1.96. The highest BCUT2D eigenvalue weighted by atomic mass is 32.1. The summed E-state index contributed by atoms with van der Waals surface area (Å²) in [6, 6.07) is 4.45. The van der Waals surface area contributed by atoms with Gasteiger partial charge in [0.15, 0.2) is 0 Å². The van der Waals surface area contributed by atoms with Gasteiger partial charge in [0.05, 0.1) is 0 Å². The number of nitrogens with two attached hydrogens (primary N) is 1. The second-order valence-electron chi connectivity index (χ2n) is 4.28. The molecule has 0 spiro atoms. The van der Waals surface area contributed by atoms with Crippen LogP contribution in [0.25, 0.3) is 0 Å². The third-order valence-electron chi connectivity index (χ3n) is 3.01. The molecule has 0 saturated heterocycles. The van der Waals surface area contributed by atoms with E-state index in [0.717, 1.165) is 11.4 Å². The minimum Gasteiger partial charge on any atom is -0.389 e. The molecule has 0 radical (unpaired) electrons. The second kappa shape index (κ2) is 5.25. The maximum absolute atomic E-state index is 5.52. The molecule has 1 aliphatic carbocycles. The highest BCUT2D eigenvalue weighted by Crippen LogP contribution is 2.20. The second-order valence-corrected chi connectivity index (χ2v) is 4.72. The molecule has 3 nitrogen and oxygen atoms in total. The summed E-state index contributed by atoms with van der Waals surface area (Å²) in [6.07, 6.45) is 8.24. The fourth-order valence-corrected chi connectivity index (χ4v) is 2.20. The average Bonchev–Trinajstić information content (AvgIpc) is 2.31. The van der Waals surface area contributed by atoms with Crippen LogP contribution in [-0.4, -0.2) is 16.0 Å². The van der Waals surface area contributed by atoms with Crippen molar-refractivity contribution >= 4 is 23.0 Å². The number of anilines is 1. The van der Waals surface area contributed by atoms with Gasteiger partial charge < -0.3 is 11.1 Å². The van der Waals surface area contributed by atoms with Crippen molar-refractivity contribution in [2.45, 2.75) is 38.1 Å². The standard InChI is InChI=1S/C12H17N3S/c13-12(16)9-6-7-11(14-8-9)15-10-4-2-1-3-5-10/h6-8,10H,1-5H2,(H2,13,16)(H,14,15). The lowest BCUT2D eigenvalue weighted by Crippen LogP contribution is -2.22. The van der Waals surface area contributed by atoms with Gasteiger partial charge >= 0.3 is 0 Å². The highest BCUT2D eigenvalue weighted by molar-refractivity contribution is 7.80. The molecule has 16 heavy (non-hydrogen) atoms. The van der Waals surface area contributed by atoms with E-state index in [2.05, 4.69) is 10.3 Å². The van der Waals surface area contributed by atoms with E-state index in [1.165, 1.54) is 32.1 Å². The van der Waals surface area contributed by atoms with Crippen LogP contribution >= 0.6 is 12.2 Å². The van der Waals surface area contributed by atoms with Crippen LogP contribution in [0.1, 0.15) is 37.7 Å². The Kier molecular flexibility index (Phi) is 3.72. The first-order chi connectivity index (χ1) is 7.75. The summed E-state index contributed by atoms with van der Waals surface area (Å²) < 4.78 is 0. The molecule has 2 rings (SSSR count). The smallest absolute Gasteiger partial charge is 0.126 e. The van der Waals surface area contributed by atoms with E-state index >= 15 is 0 Å². The first-order valence-corrected chi connectivity index (χ1v) is 6.19. The van der Waals surface area contributed by atoms with Gasteiger partial charge in [-0.05, 0) is 25.0 Å². The molecule has 1 aromatic rings. The van der Waals surface area contributed by atoms with Gasteiger partial charge in [-0.1, -0.05) is 31.5 Å². The van der Waals surface area contributed by atoms with Gasteiger partial charge in [0.2, 0.25) is 0 Å². The van der Waals surface area contributed by atoms with Crippen molar-refractivity contribution in [2.24, 2.45) is 5.73 Å². The predicted octanol–water partition coefficient (Wildman–Crippen LogP) is 2.46. The van der Waals surface area contributed by atoms with Crippen LogP contribution in [0.4, 0.5) is 5.82 Å². The Morgan fingerprint density at radius 2 is 2.06 bits per heavy atom. The first-order valence-electron chi connectivity index (χ1n) is 5.78. The summed E-state index contributed by atoms with van der Waals surface area (Å²) in [7, 11) is 0. The molecule has 0 unspecified atom stereocenters. The zero-order chi connectivity index (χ0) is 11.4. The van der Waals surface area contributed by atoms with Gasteiger partial charge in [-0.25, -0.2) is 4.98 Å². The molecule has 4 heteroatoms. The quantitative estimate of drug-likeness (QED) is 0.790. The SMILES string of the molecule is NC(=S)c1ccc(NC2CCCCC2)nc1. The monoisotopic (exact) mass is 235 g/mol. The van der Waals surface area contributed by atoms with E-state index in [1.807, 2.05) is 12.1 Å². The van der Waals surface area contributed by atoms with Gasteiger partial charge in [0, 0.05) is 17.8 Å². The van der Waals surface area contributed by atoms with E-state index in [4.69, 9.17) is 18.0 Å². The predicted molar refractivity (Wildman–Crippen MR) is 70.6 cm³/mol. The molecule has 3 N–H and O–H groups in total. The van der Waals surface area contributed by atoms with E-state index in [0.29, 0.717) is 11.0 Å². The number of thiocarbonyl (C=S) groups is 1. The molecule has 1 fully saturated rings. The molecular formula is C12H17N3S. The van der Waals surface area contributed by atoms with Crippen LogP contribution in [0, 0.1) is 0 Å². The third-order valence-corrected chi connectivity index (χ3v) is 3.24.